The zero-order chi connectivity index (χ0) is 22.5. The van der Waals surface area contributed by atoms with Crippen molar-refractivity contribution in [1.82, 2.24) is 15.0 Å². The summed E-state index contributed by atoms with van der Waals surface area (Å²) in [4.78, 5) is 21.1. The number of nitrogens with zero attached hydrogens (tertiary/aromatic N) is 4. The highest BCUT2D eigenvalue weighted by atomic mass is 16.5. The Labute approximate surface area is 187 Å². The molecule has 1 aliphatic heterocycles. The van der Waals surface area contributed by atoms with Gasteiger partial charge in [0, 0.05) is 32.0 Å². The first-order valence-corrected chi connectivity index (χ1v) is 10.8. The minimum Gasteiger partial charge on any atom is -0.497 e. The first-order valence-electron chi connectivity index (χ1n) is 10.8. The van der Waals surface area contributed by atoms with E-state index in [9.17, 15) is 4.79 Å². The van der Waals surface area contributed by atoms with E-state index in [0.29, 0.717) is 31.1 Å². The molecule has 0 saturated carbocycles. The van der Waals surface area contributed by atoms with Gasteiger partial charge in [-0.2, -0.15) is 4.98 Å². The van der Waals surface area contributed by atoms with Crippen molar-refractivity contribution in [2.75, 3.05) is 38.7 Å². The number of methoxy groups -OCH3 is 1. The second-order valence-corrected chi connectivity index (χ2v) is 7.76. The van der Waals surface area contributed by atoms with Gasteiger partial charge in [-0.1, -0.05) is 17.3 Å². The van der Waals surface area contributed by atoms with Gasteiger partial charge in [0.2, 0.25) is 17.6 Å². The predicted molar refractivity (Wildman–Crippen MR) is 121 cm³/mol. The Morgan fingerprint density at radius 2 is 2.00 bits per heavy atom. The van der Waals surface area contributed by atoms with Crippen LogP contribution in [0.2, 0.25) is 0 Å². The summed E-state index contributed by atoms with van der Waals surface area (Å²) in [7, 11) is 3.42. The Hall–Kier alpha value is -3.55. The van der Waals surface area contributed by atoms with E-state index < -0.39 is 0 Å². The SMILES string of the molecule is CCN1CC(CN(C)C(=O)CCc2nc(-c3ccc(OC)cc3)no2)Oc2ccccc21. The van der Waals surface area contributed by atoms with Crippen LogP contribution in [-0.4, -0.2) is 60.8 Å². The number of carbonyl (C=O) groups is 1. The molecule has 0 aliphatic carbocycles. The lowest BCUT2D eigenvalue weighted by atomic mass is 10.1. The van der Waals surface area contributed by atoms with Crippen LogP contribution < -0.4 is 14.4 Å². The number of carbonyl (C=O) groups excluding carboxylic acids is 1. The van der Waals surface area contributed by atoms with E-state index in [0.717, 1.165) is 35.8 Å². The van der Waals surface area contributed by atoms with Gasteiger partial charge in [0.15, 0.2) is 0 Å². The van der Waals surface area contributed by atoms with E-state index in [2.05, 4.69) is 28.0 Å². The van der Waals surface area contributed by atoms with E-state index in [-0.39, 0.29) is 12.0 Å². The summed E-state index contributed by atoms with van der Waals surface area (Å²) >= 11 is 0. The van der Waals surface area contributed by atoms with Crippen molar-refractivity contribution in [2.45, 2.75) is 25.9 Å². The van der Waals surface area contributed by atoms with E-state index in [1.165, 1.54) is 0 Å². The van der Waals surface area contributed by atoms with Gasteiger partial charge in [0.05, 0.1) is 25.9 Å². The van der Waals surface area contributed by atoms with E-state index >= 15 is 0 Å². The molecule has 2 heterocycles. The number of aryl methyl sites for hydroxylation is 1. The molecule has 8 heteroatoms. The van der Waals surface area contributed by atoms with Crippen LogP contribution >= 0.6 is 0 Å². The summed E-state index contributed by atoms with van der Waals surface area (Å²) < 4.78 is 16.6. The maximum atomic E-state index is 12.7. The monoisotopic (exact) mass is 436 g/mol. The number of hydrogen-bond donors (Lipinski definition) is 0. The molecule has 168 valence electrons. The summed E-state index contributed by atoms with van der Waals surface area (Å²) in [6.45, 7) is 4.28. The number of anilines is 1. The summed E-state index contributed by atoms with van der Waals surface area (Å²) in [5, 5.41) is 4.02. The number of benzene rings is 2. The fourth-order valence-corrected chi connectivity index (χ4v) is 3.80. The number of likely N-dealkylation sites (N-methyl/N-ethyl adjacent to an activating group) is 2. The molecule has 4 rings (SSSR count). The van der Waals surface area contributed by atoms with Crippen LogP contribution in [0.1, 0.15) is 19.2 Å². The first kappa shape index (κ1) is 21.7. The topological polar surface area (TPSA) is 80.9 Å². The van der Waals surface area contributed by atoms with Crippen molar-refractivity contribution in [1.29, 1.82) is 0 Å². The lowest BCUT2D eigenvalue weighted by Crippen LogP contribution is -2.46. The Balaban J connectivity index is 1.30. The van der Waals surface area contributed by atoms with Crippen LogP contribution in [0.15, 0.2) is 53.1 Å². The maximum Gasteiger partial charge on any atom is 0.227 e. The van der Waals surface area contributed by atoms with Crippen molar-refractivity contribution in [2.24, 2.45) is 0 Å². The second kappa shape index (κ2) is 9.72. The van der Waals surface area contributed by atoms with Gasteiger partial charge in [0.25, 0.3) is 0 Å². The number of hydrogen-bond acceptors (Lipinski definition) is 7. The van der Waals surface area contributed by atoms with Crippen LogP contribution in [0, 0.1) is 0 Å². The molecule has 32 heavy (non-hydrogen) atoms. The molecule has 0 N–H and O–H groups in total. The molecule has 1 aliphatic rings. The molecule has 1 amide bonds. The average molecular weight is 437 g/mol. The molecule has 1 unspecified atom stereocenters. The lowest BCUT2D eigenvalue weighted by molar-refractivity contribution is -0.131. The zero-order valence-corrected chi connectivity index (χ0v) is 18.7. The molecular weight excluding hydrogens is 408 g/mol. The molecule has 0 saturated heterocycles. The lowest BCUT2D eigenvalue weighted by Gasteiger charge is -2.37. The Morgan fingerprint density at radius 1 is 1.22 bits per heavy atom. The smallest absolute Gasteiger partial charge is 0.227 e. The molecule has 0 fully saturated rings. The fraction of sp³-hybridized carbons (Fsp3) is 0.375. The minimum absolute atomic E-state index is 0.0136. The zero-order valence-electron chi connectivity index (χ0n) is 18.7. The molecule has 1 atom stereocenters. The van der Waals surface area contributed by atoms with Crippen molar-refractivity contribution in [3.63, 3.8) is 0 Å². The van der Waals surface area contributed by atoms with Crippen molar-refractivity contribution >= 4 is 11.6 Å². The minimum atomic E-state index is -0.0797. The number of aromatic nitrogens is 2. The van der Waals surface area contributed by atoms with Gasteiger partial charge in [-0.25, -0.2) is 0 Å². The highest BCUT2D eigenvalue weighted by Crippen LogP contribution is 2.32. The molecule has 2 aromatic carbocycles. The van der Waals surface area contributed by atoms with Gasteiger partial charge < -0.3 is 23.8 Å². The maximum absolute atomic E-state index is 12.7. The number of para-hydroxylation sites is 2. The van der Waals surface area contributed by atoms with Crippen molar-refractivity contribution in [3.05, 3.63) is 54.4 Å². The van der Waals surface area contributed by atoms with Crippen LogP contribution in [0.5, 0.6) is 11.5 Å². The fourth-order valence-electron chi connectivity index (χ4n) is 3.80. The van der Waals surface area contributed by atoms with E-state index in [1.54, 1.807) is 19.1 Å². The third-order valence-corrected chi connectivity index (χ3v) is 5.58. The summed E-state index contributed by atoms with van der Waals surface area (Å²) in [5.41, 5.74) is 1.93. The van der Waals surface area contributed by atoms with Crippen LogP contribution in [0.25, 0.3) is 11.4 Å². The Bertz CT molecular complexity index is 1050. The highest BCUT2D eigenvalue weighted by Gasteiger charge is 2.26. The summed E-state index contributed by atoms with van der Waals surface area (Å²) in [6.07, 6.45) is 0.604. The van der Waals surface area contributed by atoms with Gasteiger partial charge in [-0.05, 0) is 43.3 Å². The predicted octanol–water partition coefficient (Wildman–Crippen LogP) is 3.42. The standard InChI is InChI=1S/C24H28N4O4/c1-4-28-16-19(31-21-8-6-5-7-20(21)28)15-27(2)23(29)14-13-22-25-24(26-32-22)17-9-11-18(30-3)12-10-17/h5-12,19H,4,13-16H2,1-3H3. The third kappa shape index (κ3) is 4.85. The molecule has 3 aromatic rings. The largest absolute Gasteiger partial charge is 0.497 e. The molecular formula is C24H28N4O4. The average Bonchev–Trinajstić information content (AvgIpc) is 3.31. The van der Waals surface area contributed by atoms with E-state index in [4.69, 9.17) is 14.0 Å². The third-order valence-electron chi connectivity index (χ3n) is 5.58. The Morgan fingerprint density at radius 3 is 2.75 bits per heavy atom. The second-order valence-electron chi connectivity index (χ2n) is 7.76. The Kier molecular flexibility index (Phi) is 6.58. The van der Waals surface area contributed by atoms with Crippen LogP contribution in [-0.2, 0) is 11.2 Å². The molecule has 8 nitrogen and oxygen atoms in total. The van der Waals surface area contributed by atoms with Crippen LogP contribution in [0.3, 0.4) is 0 Å². The van der Waals surface area contributed by atoms with Gasteiger partial charge in [-0.3, -0.25) is 4.79 Å². The van der Waals surface area contributed by atoms with E-state index in [1.807, 2.05) is 42.5 Å². The first-order chi connectivity index (χ1) is 15.6. The number of amides is 1. The quantitative estimate of drug-likeness (QED) is 0.535. The molecule has 1 aromatic heterocycles. The summed E-state index contributed by atoms with van der Waals surface area (Å²) in [5.74, 6) is 2.58. The normalized spacial score (nSPS) is 15.1. The summed E-state index contributed by atoms with van der Waals surface area (Å²) in [6, 6.07) is 15.4. The number of fused-ring (bicyclic) bond motifs is 1. The van der Waals surface area contributed by atoms with Crippen molar-refractivity contribution in [3.8, 4) is 22.9 Å². The highest BCUT2D eigenvalue weighted by molar-refractivity contribution is 5.76. The van der Waals surface area contributed by atoms with Gasteiger partial charge in [-0.15, -0.1) is 0 Å². The van der Waals surface area contributed by atoms with Gasteiger partial charge in [0.1, 0.15) is 17.6 Å². The number of rotatable bonds is 8. The van der Waals surface area contributed by atoms with Crippen molar-refractivity contribution < 1.29 is 18.8 Å². The number of ether oxygens (including phenoxy) is 2. The van der Waals surface area contributed by atoms with Crippen LogP contribution in [0.4, 0.5) is 5.69 Å². The van der Waals surface area contributed by atoms with Gasteiger partial charge >= 0.3 is 0 Å². The molecule has 0 radical (unpaired) electrons. The molecule has 0 spiro atoms. The molecule has 0 bridgehead atoms.